The molecule has 0 aliphatic rings. The van der Waals surface area contributed by atoms with E-state index >= 15 is 0 Å². The second-order valence-corrected chi connectivity index (χ2v) is 11.6. The second-order valence-electron chi connectivity index (χ2n) is 10.0. The normalized spacial score (nSPS) is 11.6. The molecule has 5 aromatic rings. The number of anilines is 2. The van der Waals surface area contributed by atoms with Crippen molar-refractivity contribution in [3.63, 3.8) is 0 Å². The molecule has 1 unspecified atom stereocenters. The number of thiazole rings is 1. The number of rotatable bonds is 11. The molecule has 10 heteroatoms. The summed E-state index contributed by atoms with van der Waals surface area (Å²) < 4.78 is 0.451. The Morgan fingerprint density at radius 2 is 1.53 bits per heavy atom. The molecule has 2 heterocycles. The van der Waals surface area contributed by atoms with Crippen LogP contribution in [0, 0.1) is 0 Å². The Labute approximate surface area is 259 Å². The summed E-state index contributed by atoms with van der Waals surface area (Å²) in [7, 11) is 0. The van der Waals surface area contributed by atoms with Gasteiger partial charge in [-0.1, -0.05) is 95.7 Å². The molecule has 0 aliphatic heterocycles. The lowest BCUT2D eigenvalue weighted by atomic mass is 9.86. The molecule has 218 valence electrons. The third-order valence-electron chi connectivity index (χ3n) is 6.90. The molecule has 0 bridgehead atoms. The third-order valence-corrected chi connectivity index (χ3v) is 8.07. The van der Waals surface area contributed by atoms with E-state index < -0.39 is 0 Å². The first-order chi connectivity index (χ1) is 20.9. The van der Waals surface area contributed by atoms with Crippen LogP contribution in [0.3, 0.4) is 0 Å². The summed E-state index contributed by atoms with van der Waals surface area (Å²) in [6.07, 6.45) is 7.08. The van der Waals surface area contributed by atoms with Crippen molar-refractivity contribution in [1.82, 2.24) is 20.3 Å². The molecule has 3 amide bonds. The number of amides is 3. The molecule has 43 heavy (non-hydrogen) atoms. The first-order valence-corrected chi connectivity index (χ1v) is 15.1. The third kappa shape index (κ3) is 8.47. The van der Waals surface area contributed by atoms with Crippen LogP contribution in [0.1, 0.15) is 42.5 Å². The smallest absolute Gasteiger partial charge is 0.321 e. The van der Waals surface area contributed by atoms with Gasteiger partial charge >= 0.3 is 6.03 Å². The minimum absolute atomic E-state index is 0.148. The van der Waals surface area contributed by atoms with Gasteiger partial charge in [0.15, 0.2) is 5.13 Å². The van der Waals surface area contributed by atoms with E-state index in [1.54, 1.807) is 30.7 Å². The van der Waals surface area contributed by atoms with Gasteiger partial charge in [-0.3, -0.25) is 20.1 Å². The lowest BCUT2D eigenvalue weighted by Gasteiger charge is -2.23. The topological polar surface area (TPSA) is 109 Å². The molecule has 8 nitrogen and oxygen atoms in total. The summed E-state index contributed by atoms with van der Waals surface area (Å²) >= 11 is 7.69. The Balaban J connectivity index is 1.29. The number of carbonyl (C=O) groups is 2. The van der Waals surface area contributed by atoms with Crippen LogP contribution < -0.4 is 16.0 Å². The molecule has 0 aliphatic carbocycles. The molecule has 2 aromatic heterocycles. The summed E-state index contributed by atoms with van der Waals surface area (Å²) in [6.45, 7) is 1.46. The molecule has 0 fully saturated rings. The Morgan fingerprint density at radius 3 is 2.14 bits per heavy atom. The number of benzene rings is 3. The molecule has 3 aromatic carbocycles. The molecule has 1 atom stereocenters. The molecular weight excluding hydrogens is 580 g/mol. The molecule has 0 saturated heterocycles. The van der Waals surface area contributed by atoms with E-state index in [0.717, 1.165) is 17.7 Å². The Bertz CT molecular complexity index is 1590. The number of urea groups is 1. The lowest BCUT2D eigenvalue weighted by molar-refractivity contribution is -0.114. The highest BCUT2D eigenvalue weighted by atomic mass is 35.5. The second kappa shape index (κ2) is 14.5. The van der Waals surface area contributed by atoms with Gasteiger partial charge in [0.1, 0.15) is 10.0 Å². The highest BCUT2D eigenvalue weighted by Crippen LogP contribution is 2.36. The lowest BCUT2D eigenvalue weighted by Crippen LogP contribution is -2.39. The summed E-state index contributed by atoms with van der Waals surface area (Å²) in [5.74, 6) is 0.0270. The molecule has 5 rings (SSSR count). The monoisotopic (exact) mass is 610 g/mol. The number of nitrogens with one attached hydrogen (secondary N) is 3. The summed E-state index contributed by atoms with van der Waals surface area (Å²) in [6, 6.07) is 27.5. The van der Waals surface area contributed by atoms with Gasteiger partial charge in [0.25, 0.3) is 0 Å². The maximum atomic E-state index is 13.2. The van der Waals surface area contributed by atoms with Gasteiger partial charge in [-0.05, 0) is 36.1 Å². The first-order valence-electron chi connectivity index (χ1n) is 13.9. The highest BCUT2D eigenvalue weighted by Gasteiger charge is 2.21. The van der Waals surface area contributed by atoms with Crippen molar-refractivity contribution in [2.24, 2.45) is 0 Å². The highest BCUT2D eigenvalue weighted by molar-refractivity contribution is 7.20. The Hall–Kier alpha value is -4.60. The summed E-state index contributed by atoms with van der Waals surface area (Å²) in [5.41, 5.74) is 5.26. The van der Waals surface area contributed by atoms with Crippen molar-refractivity contribution in [2.45, 2.75) is 38.1 Å². The van der Waals surface area contributed by atoms with Crippen LogP contribution in [-0.2, 0) is 11.2 Å². The number of hydrogen-bond donors (Lipinski definition) is 3. The minimum atomic E-state index is -0.372. The van der Waals surface area contributed by atoms with Crippen LogP contribution in [0.25, 0.3) is 11.3 Å². The first kappa shape index (κ1) is 29.9. The summed E-state index contributed by atoms with van der Waals surface area (Å²) in [5, 5.41) is 9.11. The van der Waals surface area contributed by atoms with Crippen LogP contribution >= 0.6 is 22.9 Å². The van der Waals surface area contributed by atoms with Crippen molar-refractivity contribution >= 4 is 45.7 Å². The van der Waals surface area contributed by atoms with Gasteiger partial charge < -0.3 is 10.6 Å². The van der Waals surface area contributed by atoms with E-state index in [9.17, 15) is 9.59 Å². The summed E-state index contributed by atoms with van der Waals surface area (Å²) in [4.78, 5) is 37.7. The van der Waals surface area contributed by atoms with Gasteiger partial charge in [0.05, 0.1) is 5.69 Å². The quantitative estimate of drug-likeness (QED) is 0.143. The van der Waals surface area contributed by atoms with Gasteiger partial charge in [0.2, 0.25) is 5.91 Å². The Kier molecular flexibility index (Phi) is 10.1. The van der Waals surface area contributed by atoms with E-state index in [4.69, 9.17) is 11.6 Å². The zero-order valence-corrected chi connectivity index (χ0v) is 25.1. The maximum absolute atomic E-state index is 13.2. The largest absolute Gasteiger partial charge is 0.335 e. The van der Waals surface area contributed by atoms with Crippen molar-refractivity contribution in [1.29, 1.82) is 0 Å². The zero-order chi connectivity index (χ0) is 30.0. The van der Waals surface area contributed by atoms with Crippen molar-refractivity contribution in [3.8, 4) is 11.3 Å². The van der Waals surface area contributed by atoms with Crippen molar-refractivity contribution in [3.05, 3.63) is 125 Å². The van der Waals surface area contributed by atoms with E-state index in [1.165, 1.54) is 29.4 Å². The van der Waals surface area contributed by atoms with Crippen molar-refractivity contribution < 1.29 is 9.59 Å². The van der Waals surface area contributed by atoms with E-state index in [2.05, 4.69) is 79.4 Å². The van der Waals surface area contributed by atoms with Gasteiger partial charge in [0, 0.05) is 55.1 Å². The Morgan fingerprint density at radius 1 is 0.860 bits per heavy atom. The fraction of sp³-hybridized carbons (Fsp3) is 0.182. The predicted octanol–water partition coefficient (Wildman–Crippen LogP) is 7.56. The molecule has 0 radical (unpaired) electrons. The van der Waals surface area contributed by atoms with E-state index in [1.807, 2.05) is 24.3 Å². The fourth-order valence-electron chi connectivity index (χ4n) is 4.94. The maximum Gasteiger partial charge on any atom is 0.321 e. The van der Waals surface area contributed by atoms with Crippen LogP contribution in [0.4, 0.5) is 15.6 Å². The number of halogens is 1. The minimum Gasteiger partial charge on any atom is -0.335 e. The van der Waals surface area contributed by atoms with Crippen LogP contribution in [0.15, 0.2) is 104 Å². The average Bonchev–Trinajstić information content (AvgIpc) is 3.38. The fourth-order valence-corrected chi connectivity index (χ4v) is 6.02. The molecule has 3 N–H and O–H groups in total. The van der Waals surface area contributed by atoms with Gasteiger partial charge in [-0.25, -0.2) is 9.78 Å². The number of hydrogen-bond acceptors (Lipinski definition) is 6. The SMILES string of the molecule is CC(=O)Nc1ccc(-c2nc(NC(=O)NC(CCC(c3ccccc3)c3ccccc3)Cc3cnccn3)sc2Cl)cc1. The number of carbonyl (C=O) groups excluding carboxylic acids is 2. The van der Waals surface area contributed by atoms with Crippen LogP contribution in [-0.4, -0.2) is 32.9 Å². The van der Waals surface area contributed by atoms with E-state index in [0.29, 0.717) is 33.7 Å². The average molecular weight is 611 g/mol. The molecule has 0 spiro atoms. The molecule has 0 saturated carbocycles. The molecular formula is C33H31ClN6O2S. The van der Waals surface area contributed by atoms with Gasteiger partial charge in [-0.2, -0.15) is 0 Å². The standard InChI is InChI=1S/C33H31ClN6O2S/c1-22(41)37-26-14-12-25(13-15-26)30-31(34)43-33(39-30)40-32(42)38-27(20-28-21-35-18-19-36-28)16-17-29(23-8-4-2-5-9-23)24-10-6-3-7-11-24/h2-15,18-19,21,27,29H,16-17,20H2,1H3,(H,37,41)(H2,38,39,40,42). The van der Waals surface area contributed by atoms with E-state index in [-0.39, 0.29) is 23.9 Å². The van der Waals surface area contributed by atoms with Gasteiger partial charge in [-0.15, -0.1) is 0 Å². The number of aromatic nitrogens is 3. The van der Waals surface area contributed by atoms with Crippen molar-refractivity contribution in [2.75, 3.05) is 10.6 Å². The predicted molar refractivity (Wildman–Crippen MR) is 173 cm³/mol. The van der Waals surface area contributed by atoms with Crippen LogP contribution in [0.2, 0.25) is 4.34 Å². The number of nitrogens with zero attached hydrogens (tertiary/aromatic N) is 3. The zero-order valence-electron chi connectivity index (χ0n) is 23.5. The van der Waals surface area contributed by atoms with Crippen LogP contribution in [0.5, 0.6) is 0 Å².